The molecule has 1 aromatic heterocycles. The van der Waals surface area contributed by atoms with Crippen molar-refractivity contribution in [1.82, 2.24) is 9.55 Å². The van der Waals surface area contributed by atoms with Gasteiger partial charge in [0, 0.05) is 29.9 Å². The van der Waals surface area contributed by atoms with Gasteiger partial charge in [0.1, 0.15) is 5.82 Å². The zero-order chi connectivity index (χ0) is 18.1. The second-order valence-corrected chi connectivity index (χ2v) is 9.57. The molecule has 0 bridgehead atoms. The van der Waals surface area contributed by atoms with Gasteiger partial charge in [-0.2, -0.15) is 0 Å². The maximum Gasteiger partial charge on any atom is 0.117 e. The smallest absolute Gasteiger partial charge is 0.117 e. The van der Waals surface area contributed by atoms with E-state index in [9.17, 15) is 0 Å². The van der Waals surface area contributed by atoms with Gasteiger partial charge in [0.05, 0.1) is 11.0 Å². The molecule has 1 atom stereocenters. The lowest BCUT2D eigenvalue weighted by Gasteiger charge is -2.41. The zero-order valence-corrected chi connectivity index (χ0v) is 16.7. The number of hydrogen-bond acceptors (Lipinski definition) is 2. The number of hydrogen-bond donors (Lipinski definition) is 0. The molecule has 2 fully saturated rings. The summed E-state index contributed by atoms with van der Waals surface area (Å²) in [6, 6.07) is 5.32. The molecule has 0 radical (unpaired) electrons. The first-order valence-corrected chi connectivity index (χ1v) is 10.4. The Morgan fingerprint density at radius 1 is 1.12 bits per heavy atom. The molecule has 1 spiro atoms. The molecule has 2 aliphatic heterocycles. The molecule has 1 unspecified atom stereocenters. The quantitative estimate of drug-likeness (QED) is 0.658. The number of allylic oxidation sites excluding steroid dienone is 1. The first-order valence-electron chi connectivity index (χ1n) is 10.4. The van der Waals surface area contributed by atoms with E-state index in [0.29, 0.717) is 11.5 Å². The third kappa shape index (κ3) is 2.15. The van der Waals surface area contributed by atoms with E-state index < -0.39 is 0 Å². The van der Waals surface area contributed by atoms with Gasteiger partial charge in [-0.15, -0.1) is 0 Å². The summed E-state index contributed by atoms with van der Waals surface area (Å²) in [5.41, 5.74) is 5.90. The summed E-state index contributed by atoms with van der Waals surface area (Å²) < 4.78 is 2.28. The second kappa shape index (κ2) is 5.37. The van der Waals surface area contributed by atoms with Crippen LogP contribution in [0, 0.1) is 12.3 Å². The van der Waals surface area contributed by atoms with Gasteiger partial charge in [-0.1, -0.05) is 25.3 Å². The highest BCUT2D eigenvalue weighted by Gasteiger charge is 2.53. The second-order valence-electron chi connectivity index (χ2n) is 9.57. The summed E-state index contributed by atoms with van der Waals surface area (Å²) in [6.45, 7) is 9.67. The standard InChI is InChI=1S/C23H31N3/c1-16-13-18-20(25-12-8-9-21(25)24-18)14-19(16)26-17(2)23(15-22(26,3)4)10-6-5-7-11-23/h8,12-14,17H,5-7,9-11,15H2,1-4H3. The molecule has 0 amide bonds. The van der Waals surface area contributed by atoms with Crippen LogP contribution in [-0.4, -0.2) is 21.1 Å². The van der Waals surface area contributed by atoms with Crippen molar-refractivity contribution in [2.24, 2.45) is 5.41 Å². The minimum atomic E-state index is 0.207. The Morgan fingerprint density at radius 3 is 2.65 bits per heavy atom. The first-order chi connectivity index (χ1) is 12.4. The van der Waals surface area contributed by atoms with Crippen molar-refractivity contribution >= 4 is 22.9 Å². The highest BCUT2D eigenvalue weighted by atomic mass is 15.3. The van der Waals surface area contributed by atoms with Crippen LogP contribution in [0.15, 0.2) is 18.2 Å². The van der Waals surface area contributed by atoms with E-state index in [1.807, 2.05) is 0 Å². The van der Waals surface area contributed by atoms with E-state index >= 15 is 0 Å². The van der Waals surface area contributed by atoms with Crippen molar-refractivity contribution in [2.45, 2.75) is 84.2 Å². The monoisotopic (exact) mass is 349 g/mol. The Bertz CT molecular complexity index is 896. The van der Waals surface area contributed by atoms with Crippen LogP contribution in [0.1, 0.15) is 70.7 Å². The van der Waals surface area contributed by atoms with Gasteiger partial charge in [0.2, 0.25) is 0 Å². The SMILES string of the molecule is Cc1cc2nc3n(c2cc1N1C(C)C2(CCCCC2)CC1(C)C)C=CC3. The van der Waals surface area contributed by atoms with Crippen molar-refractivity contribution in [3.05, 3.63) is 29.6 Å². The maximum atomic E-state index is 4.84. The Balaban J connectivity index is 1.64. The van der Waals surface area contributed by atoms with Crippen LogP contribution in [0.4, 0.5) is 5.69 Å². The molecule has 1 aromatic carbocycles. The molecule has 3 heterocycles. The van der Waals surface area contributed by atoms with Crippen LogP contribution in [0.25, 0.3) is 17.2 Å². The van der Waals surface area contributed by atoms with Gasteiger partial charge in [-0.05, 0) is 70.1 Å². The molecule has 26 heavy (non-hydrogen) atoms. The van der Waals surface area contributed by atoms with Gasteiger partial charge < -0.3 is 9.47 Å². The summed E-state index contributed by atoms with van der Waals surface area (Å²) in [5, 5.41) is 0. The van der Waals surface area contributed by atoms with Gasteiger partial charge in [0.25, 0.3) is 0 Å². The molecule has 1 saturated carbocycles. The lowest BCUT2D eigenvalue weighted by molar-refractivity contribution is 0.170. The Kier molecular flexibility index (Phi) is 3.39. The number of imidazole rings is 1. The van der Waals surface area contributed by atoms with Crippen molar-refractivity contribution in [2.75, 3.05) is 4.90 Å². The van der Waals surface area contributed by atoms with Crippen LogP contribution >= 0.6 is 0 Å². The summed E-state index contributed by atoms with van der Waals surface area (Å²) in [4.78, 5) is 7.60. The summed E-state index contributed by atoms with van der Waals surface area (Å²) in [6.07, 6.45) is 13.7. The van der Waals surface area contributed by atoms with Crippen molar-refractivity contribution in [3.8, 4) is 0 Å². The number of aromatic nitrogens is 2. The minimum Gasteiger partial charge on any atom is -0.363 e. The van der Waals surface area contributed by atoms with E-state index in [1.54, 1.807) is 0 Å². The van der Waals surface area contributed by atoms with Crippen molar-refractivity contribution in [3.63, 3.8) is 0 Å². The summed E-state index contributed by atoms with van der Waals surface area (Å²) in [7, 11) is 0. The zero-order valence-electron chi connectivity index (χ0n) is 16.7. The number of nitrogens with zero attached hydrogens (tertiary/aromatic N) is 3. The van der Waals surface area contributed by atoms with Gasteiger partial charge in [0.15, 0.2) is 0 Å². The van der Waals surface area contributed by atoms with Crippen LogP contribution in [0.5, 0.6) is 0 Å². The third-order valence-electron chi connectivity index (χ3n) is 7.45. The number of rotatable bonds is 1. The Morgan fingerprint density at radius 2 is 1.88 bits per heavy atom. The lowest BCUT2D eigenvalue weighted by Crippen LogP contribution is -2.44. The predicted molar refractivity (Wildman–Crippen MR) is 110 cm³/mol. The molecular formula is C23H31N3. The molecule has 1 aliphatic carbocycles. The Labute approximate surface area is 157 Å². The number of anilines is 1. The molecular weight excluding hydrogens is 318 g/mol. The van der Waals surface area contributed by atoms with Crippen LogP contribution in [-0.2, 0) is 6.42 Å². The van der Waals surface area contributed by atoms with E-state index in [2.05, 4.69) is 61.6 Å². The van der Waals surface area contributed by atoms with Gasteiger partial charge >= 0.3 is 0 Å². The molecule has 1 saturated heterocycles. The molecule has 2 aromatic rings. The van der Waals surface area contributed by atoms with E-state index in [1.165, 1.54) is 61.1 Å². The van der Waals surface area contributed by atoms with Crippen molar-refractivity contribution in [1.29, 1.82) is 0 Å². The average Bonchev–Trinajstić information content (AvgIpc) is 3.21. The third-order valence-corrected chi connectivity index (χ3v) is 7.45. The average molecular weight is 350 g/mol. The fraction of sp³-hybridized carbons (Fsp3) is 0.609. The first kappa shape index (κ1) is 16.4. The predicted octanol–water partition coefficient (Wildman–Crippen LogP) is 5.70. The van der Waals surface area contributed by atoms with E-state index in [0.717, 1.165) is 11.9 Å². The molecule has 3 nitrogen and oxygen atoms in total. The van der Waals surface area contributed by atoms with E-state index in [4.69, 9.17) is 4.98 Å². The van der Waals surface area contributed by atoms with Crippen LogP contribution in [0.2, 0.25) is 0 Å². The Hall–Kier alpha value is -1.77. The van der Waals surface area contributed by atoms with Crippen LogP contribution in [0.3, 0.4) is 0 Å². The summed E-state index contributed by atoms with van der Waals surface area (Å²) >= 11 is 0. The molecule has 138 valence electrons. The largest absolute Gasteiger partial charge is 0.363 e. The molecule has 0 N–H and O–H groups in total. The molecule has 3 heteroatoms. The highest BCUT2D eigenvalue weighted by Crippen LogP contribution is 2.56. The minimum absolute atomic E-state index is 0.207. The fourth-order valence-corrected chi connectivity index (χ4v) is 6.40. The molecule has 5 rings (SSSR count). The maximum absolute atomic E-state index is 4.84. The fourth-order valence-electron chi connectivity index (χ4n) is 6.40. The van der Waals surface area contributed by atoms with E-state index in [-0.39, 0.29) is 5.54 Å². The normalized spacial score (nSPS) is 26.2. The number of fused-ring (bicyclic) bond motifs is 3. The van der Waals surface area contributed by atoms with Gasteiger partial charge in [-0.3, -0.25) is 0 Å². The lowest BCUT2D eigenvalue weighted by atomic mass is 9.68. The van der Waals surface area contributed by atoms with Gasteiger partial charge in [-0.25, -0.2) is 4.98 Å². The highest BCUT2D eigenvalue weighted by molar-refractivity contribution is 5.85. The summed E-state index contributed by atoms with van der Waals surface area (Å²) in [5.74, 6) is 1.18. The number of benzene rings is 1. The number of aryl methyl sites for hydroxylation is 1. The van der Waals surface area contributed by atoms with Crippen molar-refractivity contribution < 1.29 is 0 Å². The topological polar surface area (TPSA) is 21.1 Å². The molecule has 3 aliphatic rings. The van der Waals surface area contributed by atoms with Crippen LogP contribution < -0.4 is 4.90 Å².